The molecule has 6 heteroatoms. The summed E-state index contributed by atoms with van der Waals surface area (Å²) in [5.41, 5.74) is 0. The first-order valence-corrected chi connectivity index (χ1v) is 6.37. The lowest BCUT2D eigenvalue weighted by Crippen LogP contribution is -2.12. The summed E-state index contributed by atoms with van der Waals surface area (Å²) in [4.78, 5) is 4.39. The lowest BCUT2D eigenvalue weighted by atomic mass is 10.1. The van der Waals surface area contributed by atoms with Gasteiger partial charge in [0.2, 0.25) is 0 Å². The summed E-state index contributed by atoms with van der Waals surface area (Å²) in [5, 5.41) is 13.2. The Bertz CT molecular complexity index is 696. The normalized spacial score (nSPS) is 10.7. The minimum atomic E-state index is 0.729. The summed E-state index contributed by atoms with van der Waals surface area (Å²) in [5.74, 6) is 1.67. The number of ether oxygens (including phenoxy) is 1. The highest BCUT2D eigenvalue weighted by Gasteiger charge is 2.03. The molecule has 102 valence electrons. The van der Waals surface area contributed by atoms with Gasteiger partial charge >= 0.3 is 0 Å². The van der Waals surface area contributed by atoms with Crippen LogP contribution in [0.3, 0.4) is 0 Å². The molecule has 0 fully saturated rings. The standard InChI is InChI=1S/C14H15N5O/c1-20-12-3-2-11-4-5-15-14(13(11)10-12)16-6-8-19-9-7-17-18-19/h2-5,7,9-10H,6,8H2,1H3,(H,15,16). The van der Waals surface area contributed by atoms with Crippen molar-refractivity contribution in [2.45, 2.75) is 6.54 Å². The molecule has 0 aliphatic rings. The van der Waals surface area contributed by atoms with E-state index in [9.17, 15) is 0 Å². The van der Waals surface area contributed by atoms with Crippen LogP contribution in [0.25, 0.3) is 10.8 Å². The smallest absolute Gasteiger partial charge is 0.134 e. The number of methoxy groups -OCH3 is 1. The fraction of sp³-hybridized carbons (Fsp3) is 0.214. The van der Waals surface area contributed by atoms with E-state index in [1.165, 1.54) is 0 Å². The Hall–Kier alpha value is -2.63. The van der Waals surface area contributed by atoms with Crippen LogP contribution in [0.1, 0.15) is 0 Å². The molecule has 0 radical (unpaired) electrons. The van der Waals surface area contributed by atoms with Gasteiger partial charge in [0.25, 0.3) is 0 Å². The molecule has 0 spiro atoms. The highest BCUT2D eigenvalue weighted by atomic mass is 16.5. The predicted octanol–water partition coefficient (Wildman–Crippen LogP) is 1.95. The zero-order valence-corrected chi connectivity index (χ0v) is 11.2. The zero-order chi connectivity index (χ0) is 13.8. The van der Waals surface area contributed by atoms with Crippen LogP contribution in [0.5, 0.6) is 5.75 Å². The van der Waals surface area contributed by atoms with Crippen molar-refractivity contribution in [3.05, 3.63) is 42.9 Å². The molecule has 1 N–H and O–H groups in total. The van der Waals surface area contributed by atoms with Gasteiger partial charge in [-0.3, -0.25) is 4.68 Å². The summed E-state index contributed by atoms with van der Waals surface area (Å²) < 4.78 is 7.04. The maximum absolute atomic E-state index is 5.26. The molecule has 0 saturated heterocycles. The largest absolute Gasteiger partial charge is 0.497 e. The summed E-state index contributed by atoms with van der Waals surface area (Å²) >= 11 is 0. The van der Waals surface area contributed by atoms with Crippen LogP contribution in [0, 0.1) is 0 Å². The number of nitrogens with zero attached hydrogens (tertiary/aromatic N) is 4. The molecule has 0 saturated carbocycles. The first-order chi connectivity index (χ1) is 9.86. The molecule has 2 heterocycles. The van der Waals surface area contributed by atoms with Gasteiger partial charge in [0, 0.05) is 24.3 Å². The third-order valence-electron chi connectivity index (χ3n) is 3.08. The molecular weight excluding hydrogens is 254 g/mol. The van der Waals surface area contributed by atoms with Crippen molar-refractivity contribution in [3.8, 4) is 5.75 Å². The second-order valence-corrected chi connectivity index (χ2v) is 4.34. The molecule has 0 aliphatic carbocycles. The number of hydrogen-bond acceptors (Lipinski definition) is 5. The van der Waals surface area contributed by atoms with Crippen molar-refractivity contribution in [2.24, 2.45) is 0 Å². The van der Waals surface area contributed by atoms with Gasteiger partial charge in [-0.05, 0) is 23.6 Å². The SMILES string of the molecule is COc1ccc2ccnc(NCCn3ccnn3)c2c1. The monoisotopic (exact) mass is 269 g/mol. The predicted molar refractivity (Wildman–Crippen MR) is 76.8 cm³/mol. The average Bonchev–Trinajstić information content (AvgIpc) is 3.00. The first kappa shape index (κ1) is 12.4. The molecule has 1 aromatic carbocycles. The van der Waals surface area contributed by atoms with Gasteiger partial charge in [0.1, 0.15) is 11.6 Å². The van der Waals surface area contributed by atoms with E-state index in [4.69, 9.17) is 4.74 Å². The molecular formula is C14H15N5O. The molecule has 3 aromatic rings. The molecule has 0 amide bonds. The summed E-state index contributed by atoms with van der Waals surface area (Å²) in [6.07, 6.45) is 5.30. The number of benzene rings is 1. The Labute approximate surface area is 116 Å². The van der Waals surface area contributed by atoms with Gasteiger partial charge in [0.05, 0.1) is 19.9 Å². The maximum Gasteiger partial charge on any atom is 0.134 e. The number of pyridine rings is 1. The number of aromatic nitrogens is 4. The van der Waals surface area contributed by atoms with Crippen LogP contribution in [-0.2, 0) is 6.54 Å². The molecule has 2 aromatic heterocycles. The second kappa shape index (κ2) is 5.56. The van der Waals surface area contributed by atoms with Crippen LogP contribution in [0.4, 0.5) is 5.82 Å². The Morgan fingerprint density at radius 2 is 2.20 bits per heavy atom. The minimum Gasteiger partial charge on any atom is -0.497 e. The third-order valence-corrected chi connectivity index (χ3v) is 3.08. The molecule has 0 aliphatic heterocycles. The number of fused-ring (bicyclic) bond motifs is 1. The number of nitrogens with one attached hydrogen (secondary N) is 1. The van der Waals surface area contributed by atoms with Crippen LogP contribution >= 0.6 is 0 Å². The van der Waals surface area contributed by atoms with E-state index in [0.717, 1.165) is 35.4 Å². The summed E-state index contributed by atoms with van der Waals surface area (Å²) in [6, 6.07) is 7.94. The maximum atomic E-state index is 5.26. The van der Waals surface area contributed by atoms with E-state index >= 15 is 0 Å². The van der Waals surface area contributed by atoms with Crippen molar-refractivity contribution < 1.29 is 4.74 Å². The highest BCUT2D eigenvalue weighted by Crippen LogP contribution is 2.25. The minimum absolute atomic E-state index is 0.729. The van der Waals surface area contributed by atoms with Crippen LogP contribution in [0.2, 0.25) is 0 Å². The van der Waals surface area contributed by atoms with E-state index in [0.29, 0.717) is 0 Å². The van der Waals surface area contributed by atoms with Gasteiger partial charge in [-0.25, -0.2) is 4.98 Å². The Morgan fingerprint density at radius 3 is 3.00 bits per heavy atom. The fourth-order valence-electron chi connectivity index (χ4n) is 2.06. The second-order valence-electron chi connectivity index (χ2n) is 4.34. The van der Waals surface area contributed by atoms with E-state index in [2.05, 4.69) is 20.6 Å². The average molecular weight is 269 g/mol. The van der Waals surface area contributed by atoms with Crippen molar-refractivity contribution in [1.29, 1.82) is 0 Å². The van der Waals surface area contributed by atoms with E-state index in [-0.39, 0.29) is 0 Å². The van der Waals surface area contributed by atoms with Gasteiger partial charge in [-0.1, -0.05) is 11.3 Å². The molecule has 3 rings (SSSR count). The van der Waals surface area contributed by atoms with Crippen LogP contribution in [-0.4, -0.2) is 33.6 Å². The van der Waals surface area contributed by atoms with Crippen molar-refractivity contribution in [2.75, 3.05) is 19.0 Å². The number of rotatable bonds is 5. The number of hydrogen-bond donors (Lipinski definition) is 1. The Kier molecular flexibility index (Phi) is 3.45. The van der Waals surface area contributed by atoms with Crippen LogP contribution in [0.15, 0.2) is 42.9 Å². The Balaban J connectivity index is 1.79. The number of anilines is 1. The molecule has 0 unspecified atom stereocenters. The van der Waals surface area contributed by atoms with E-state index in [1.807, 2.05) is 30.5 Å². The highest BCUT2D eigenvalue weighted by molar-refractivity contribution is 5.92. The van der Waals surface area contributed by atoms with E-state index < -0.39 is 0 Å². The molecule has 6 nitrogen and oxygen atoms in total. The molecule has 0 bridgehead atoms. The Morgan fingerprint density at radius 1 is 1.25 bits per heavy atom. The van der Waals surface area contributed by atoms with Gasteiger partial charge in [-0.2, -0.15) is 0 Å². The van der Waals surface area contributed by atoms with Gasteiger partial charge < -0.3 is 10.1 Å². The van der Waals surface area contributed by atoms with Crippen LogP contribution < -0.4 is 10.1 Å². The van der Waals surface area contributed by atoms with Crippen molar-refractivity contribution >= 4 is 16.6 Å². The van der Waals surface area contributed by atoms with Gasteiger partial charge in [0.15, 0.2) is 0 Å². The van der Waals surface area contributed by atoms with Gasteiger partial charge in [-0.15, -0.1) is 5.10 Å². The summed E-state index contributed by atoms with van der Waals surface area (Å²) in [6.45, 7) is 1.47. The fourth-order valence-corrected chi connectivity index (χ4v) is 2.06. The quantitative estimate of drug-likeness (QED) is 0.767. The first-order valence-electron chi connectivity index (χ1n) is 6.37. The topological polar surface area (TPSA) is 64.9 Å². The lowest BCUT2D eigenvalue weighted by molar-refractivity contribution is 0.415. The van der Waals surface area contributed by atoms with Crippen molar-refractivity contribution in [1.82, 2.24) is 20.0 Å². The summed E-state index contributed by atoms with van der Waals surface area (Å²) in [7, 11) is 1.66. The van der Waals surface area contributed by atoms with E-state index in [1.54, 1.807) is 24.2 Å². The van der Waals surface area contributed by atoms with Crippen molar-refractivity contribution in [3.63, 3.8) is 0 Å². The molecule has 0 atom stereocenters. The lowest BCUT2D eigenvalue weighted by Gasteiger charge is -2.09. The molecule has 20 heavy (non-hydrogen) atoms. The third kappa shape index (κ3) is 2.54. The zero-order valence-electron chi connectivity index (χ0n) is 11.2.